The van der Waals surface area contributed by atoms with Crippen LogP contribution in [0, 0.1) is 0 Å². The molecule has 1 aromatic carbocycles. The minimum absolute atomic E-state index is 0.0721. The molecule has 2 aromatic heterocycles. The first-order valence-electron chi connectivity index (χ1n) is 8.85. The molecule has 1 N–H and O–H groups in total. The molecule has 28 heavy (non-hydrogen) atoms. The molecule has 0 aliphatic rings. The predicted octanol–water partition coefficient (Wildman–Crippen LogP) is 4.48. The fraction of sp³-hybridized carbons (Fsp3) is 0.300. The quantitative estimate of drug-likeness (QED) is 0.348. The van der Waals surface area contributed by atoms with E-state index in [2.05, 4.69) is 29.1 Å². The summed E-state index contributed by atoms with van der Waals surface area (Å²) in [6.07, 6.45) is 0.595. The standard InChI is InChI=1S/C20H21N3O3S2/c1-12(2)14-4-6-15(7-5-14)23-18(25)13(3)26-17(24)10-28-20-16-8-9-27-19(16)21-11-22-20/h4-9,11-13H,10H2,1-3H3,(H,23,25)/t13-/m1/s1. The van der Waals surface area contributed by atoms with Gasteiger partial charge < -0.3 is 10.1 Å². The summed E-state index contributed by atoms with van der Waals surface area (Å²) in [5, 5.41) is 6.34. The van der Waals surface area contributed by atoms with Gasteiger partial charge in [0.25, 0.3) is 5.91 Å². The van der Waals surface area contributed by atoms with Crippen LogP contribution in [0.3, 0.4) is 0 Å². The molecule has 0 fully saturated rings. The molecule has 6 nitrogen and oxygen atoms in total. The van der Waals surface area contributed by atoms with Crippen LogP contribution in [0.4, 0.5) is 5.69 Å². The van der Waals surface area contributed by atoms with Gasteiger partial charge in [-0.3, -0.25) is 9.59 Å². The number of thiophene rings is 1. The molecular formula is C20H21N3O3S2. The van der Waals surface area contributed by atoms with E-state index in [1.807, 2.05) is 35.7 Å². The van der Waals surface area contributed by atoms with Crippen molar-refractivity contribution in [2.45, 2.75) is 37.8 Å². The van der Waals surface area contributed by atoms with Gasteiger partial charge in [0.1, 0.15) is 16.2 Å². The molecule has 0 aliphatic heterocycles. The summed E-state index contributed by atoms with van der Waals surface area (Å²) in [6, 6.07) is 9.56. The molecule has 0 saturated heterocycles. The predicted molar refractivity (Wildman–Crippen MR) is 113 cm³/mol. The van der Waals surface area contributed by atoms with E-state index < -0.39 is 12.1 Å². The number of benzene rings is 1. The van der Waals surface area contributed by atoms with Gasteiger partial charge in [-0.2, -0.15) is 0 Å². The van der Waals surface area contributed by atoms with E-state index in [0.717, 1.165) is 15.2 Å². The van der Waals surface area contributed by atoms with Crippen molar-refractivity contribution in [3.05, 3.63) is 47.6 Å². The van der Waals surface area contributed by atoms with Crippen LogP contribution in [0.5, 0.6) is 0 Å². The van der Waals surface area contributed by atoms with Gasteiger partial charge in [0, 0.05) is 11.1 Å². The lowest BCUT2D eigenvalue weighted by Crippen LogP contribution is -2.30. The number of hydrogen-bond donors (Lipinski definition) is 1. The minimum atomic E-state index is -0.885. The molecule has 3 rings (SSSR count). The van der Waals surface area contributed by atoms with Gasteiger partial charge in [0.2, 0.25) is 0 Å². The second-order valence-electron chi connectivity index (χ2n) is 6.50. The lowest BCUT2D eigenvalue weighted by Gasteiger charge is -2.14. The maximum absolute atomic E-state index is 12.3. The lowest BCUT2D eigenvalue weighted by atomic mass is 10.0. The number of hydrogen-bond acceptors (Lipinski definition) is 7. The van der Waals surface area contributed by atoms with E-state index in [4.69, 9.17) is 4.74 Å². The third-order valence-electron chi connectivity index (χ3n) is 4.07. The number of anilines is 1. The topological polar surface area (TPSA) is 81.2 Å². The molecule has 2 heterocycles. The Bertz CT molecular complexity index is 970. The summed E-state index contributed by atoms with van der Waals surface area (Å²) in [7, 11) is 0. The first-order valence-corrected chi connectivity index (χ1v) is 10.7. The lowest BCUT2D eigenvalue weighted by molar-refractivity contribution is -0.150. The van der Waals surface area contributed by atoms with Gasteiger partial charge in [0.15, 0.2) is 6.10 Å². The van der Waals surface area contributed by atoms with Crippen molar-refractivity contribution in [1.29, 1.82) is 0 Å². The second-order valence-corrected chi connectivity index (χ2v) is 8.36. The van der Waals surface area contributed by atoms with Gasteiger partial charge in [-0.25, -0.2) is 9.97 Å². The highest BCUT2D eigenvalue weighted by Crippen LogP contribution is 2.27. The Hall–Kier alpha value is -2.45. The number of thioether (sulfide) groups is 1. The number of nitrogens with one attached hydrogen (secondary N) is 1. The molecular weight excluding hydrogens is 394 g/mol. The summed E-state index contributed by atoms with van der Waals surface area (Å²) in [4.78, 5) is 33.6. The molecule has 1 amide bonds. The van der Waals surface area contributed by atoms with E-state index >= 15 is 0 Å². The third-order valence-corrected chi connectivity index (χ3v) is 5.87. The highest BCUT2D eigenvalue weighted by atomic mass is 32.2. The molecule has 0 unspecified atom stereocenters. The molecule has 0 radical (unpaired) electrons. The zero-order valence-electron chi connectivity index (χ0n) is 15.8. The van der Waals surface area contributed by atoms with Crippen LogP contribution in [0.2, 0.25) is 0 Å². The SMILES string of the molecule is CC(C)c1ccc(NC(=O)[C@@H](C)OC(=O)CSc2ncnc3sccc23)cc1. The summed E-state index contributed by atoms with van der Waals surface area (Å²) < 4.78 is 5.25. The Kier molecular flexibility index (Phi) is 6.64. The van der Waals surface area contributed by atoms with Crippen LogP contribution in [0.25, 0.3) is 10.2 Å². The largest absolute Gasteiger partial charge is 0.452 e. The van der Waals surface area contributed by atoms with E-state index in [9.17, 15) is 9.59 Å². The number of amides is 1. The smallest absolute Gasteiger partial charge is 0.317 e. The van der Waals surface area contributed by atoms with E-state index in [0.29, 0.717) is 11.6 Å². The van der Waals surface area contributed by atoms with Gasteiger partial charge in [-0.15, -0.1) is 11.3 Å². The Balaban J connectivity index is 1.50. The number of carbonyl (C=O) groups excluding carboxylic acids is 2. The molecule has 0 saturated carbocycles. The van der Waals surface area contributed by atoms with E-state index in [1.54, 1.807) is 6.92 Å². The average Bonchev–Trinajstić information content (AvgIpc) is 3.16. The summed E-state index contributed by atoms with van der Waals surface area (Å²) in [5.41, 5.74) is 1.87. The Morgan fingerprint density at radius 3 is 2.61 bits per heavy atom. The summed E-state index contributed by atoms with van der Waals surface area (Å²) in [6.45, 7) is 5.78. The normalized spacial score (nSPS) is 12.1. The van der Waals surface area contributed by atoms with E-state index in [-0.39, 0.29) is 11.7 Å². The zero-order chi connectivity index (χ0) is 20.1. The summed E-state index contributed by atoms with van der Waals surface area (Å²) in [5.74, 6) is -0.335. The fourth-order valence-electron chi connectivity index (χ4n) is 2.49. The summed E-state index contributed by atoms with van der Waals surface area (Å²) >= 11 is 2.79. The fourth-order valence-corrected chi connectivity index (χ4v) is 4.05. The zero-order valence-corrected chi connectivity index (χ0v) is 17.5. The van der Waals surface area contributed by atoms with E-state index in [1.165, 1.54) is 35.0 Å². The number of aromatic nitrogens is 2. The molecule has 0 aliphatic carbocycles. The molecule has 3 aromatic rings. The second kappa shape index (κ2) is 9.16. The average molecular weight is 416 g/mol. The highest BCUT2D eigenvalue weighted by molar-refractivity contribution is 8.00. The minimum Gasteiger partial charge on any atom is -0.452 e. The number of esters is 1. The van der Waals surface area contributed by atoms with Crippen LogP contribution in [0.1, 0.15) is 32.3 Å². The third kappa shape index (κ3) is 5.08. The number of carbonyl (C=O) groups is 2. The molecule has 0 spiro atoms. The monoisotopic (exact) mass is 415 g/mol. The number of rotatable bonds is 7. The molecule has 146 valence electrons. The van der Waals surface area contributed by atoms with Crippen molar-refractivity contribution in [3.8, 4) is 0 Å². The Morgan fingerprint density at radius 1 is 1.14 bits per heavy atom. The number of fused-ring (bicyclic) bond motifs is 1. The van der Waals surface area contributed by atoms with Crippen LogP contribution >= 0.6 is 23.1 Å². The Labute approximate surface area is 171 Å². The van der Waals surface area contributed by atoms with Crippen molar-refractivity contribution < 1.29 is 14.3 Å². The van der Waals surface area contributed by atoms with Crippen molar-refractivity contribution >= 4 is 50.9 Å². The number of nitrogens with zero attached hydrogens (tertiary/aromatic N) is 2. The highest BCUT2D eigenvalue weighted by Gasteiger charge is 2.19. The van der Waals surface area contributed by atoms with Crippen LogP contribution in [0.15, 0.2) is 47.1 Å². The van der Waals surface area contributed by atoms with Crippen LogP contribution in [-0.4, -0.2) is 33.7 Å². The molecule has 0 bridgehead atoms. The number of ether oxygens (including phenoxy) is 1. The van der Waals surface area contributed by atoms with Crippen LogP contribution in [-0.2, 0) is 14.3 Å². The van der Waals surface area contributed by atoms with Gasteiger partial charge >= 0.3 is 5.97 Å². The van der Waals surface area contributed by atoms with Gasteiger partial charge in [-0.05, 0) is 42.0 Å². The first-order chi connectivity index (χ1) is 13.4. The molecule has 8 heteroatoms. The maximum Gasteiger partial charge on any atom is 0.317 e. The van der Waals surface area contributed by atoms with Crippen molar-refractivity contribution in [2.24, 2.45) is 0 Å². The maximum atomic E-state index is 12.3. The first kappa shape index (κ1) is 20.3. The van der Waals surface area contributed by atoms with Crippen molar-refractivity contribution in [3.63, 3.8) is 0 Å². The Morgan fingerprint density at radius 2 is 1.89 bits per heavy atom. The van der Waals surface area contributed by atoms with Gasteiger partial charge in [0.05, 0.1) is 5.75 Å². The molecule has 1 atom stereocenters. The van der Waals surface area contributed by atoms with Crippen molar-refractivity contribution in [2.75, 3.05) is 11.1 Å². The van der Waals surface area contributed by atoms with Crippen LogP contribution < -0.4 is 5.32 Å². The van der Waals surface area contributed by atoms with Gasteiger partial charge in [-0.1, -0.05) is 37.7 Å². The van der Waals surface area contributed by atoms with Crippen molar-refractivity contribution in [1.82, 2.24) is 9.97 Å².